The summed E-state index contributed by atoms with van der Waals surface area (Å²) >= 11 is 5.81. The number of nitrogens with zero attached hydrogens (tertiary/aromatic N) is 1. The molecular weight excluding hydrogens is 242 g/mol. The average Bonchev–Trinajstić information content (AvgIpc) is 2.26. The maximum atomic E-state index is 10.8. The van der Waals surface area contributed by atoms with E-state index in [1.807, 2.05) is 6.92 Å². The maximum Gasteiger partial charge on any atom is 0.272 e. The lowest BCUT2D eigenvalue weighted by atomic mass is 10.0. The molecule has 17 heavy (non-hydrogen) atoms. The average molecular weight is 258 g/mol. The molecule has 0 saturated heterocycles. The van der Waals surface area contributed by atoms with E-state index in [4.69, 9.17) is 11.6 Å². The summed E-state index contributed by atoms with van der Waals surface area (Å²) in [6, 6.07) is 4.51. The summed E-state index contributed by atoms with van der Waals surface area (Å²) in [6.07, 6.45) is 2.21. The molecule has 0 radical (unpaired) electrons. The van der Waals surface area contributed by atoms with Crippen molar-refractivity contribution in [2.45, 2.75) is 38.7 Å². The molecule has 1 aromatic carbocycles. The van der Waals surface area contributed by atoms with E-state index in [0.29, 0.717) is 29.8 Å². The van der Waals surface area contributed by atoms with Gasteiger partial charge in [-0.2, -0.15) is 0 Å². The Morgan fingerprint density at radius 3 is 2.76 bits per heavy atom. The minimum absolute atomic E-state index is 0.0677. The van der Waals surface area contributed by atoms with Gasteiger partial charge in [-0.05, 0) is 31.4 Å². The number of aryl methyl sites for hydroxylation is 1. The monoisotopic (exact) mass is 257 g/mol. The minimum Gasteiger partial charge on any atom is -0.393 e. The van der Waals surface area contributed by atoms with Crippen LogP contribution < -0.4 is 0 Å². The topological polar surface area (TPSA) is 63.4 Å². The summed E-state index contributed by atoms with van der Waals surface area (Å²) in [5.74, 6) is 0. The van der Waals surface area contributed by atoms with Crippen LogP contribution >= 0.6 is 11.6 Å². The number of halogens is 1. The van der Waals surface area contributed by atoms with Crippen LogP contribution in [-0.2, 0) is 6.42 Å². The van der Waals surface area contributed by atoms with E-state index in [1.165, 1.54) is 12.1 Å². The molecule has 1 unspecified atom stereocenters. The maximum absolute atomic E-state index is 10.8. The van der Waals surface area contributed by atoms with E-state index in [-0.39, 0.29) is 5.69 Å². The summed E-state index contributed by atoms with van der Waals surface area (Å²) in [6.45, 7) is 1.99. The van der Waals surface area contributed by atoms with Crippen LogP contribution in [0.1, 0.15) is 31.7 Å². The van der Waals surface area contributed by atoms with Crippen LogP contribution in [0.15, 0.2) is 18.2 Å². The predicted molar refractivity (Wildman–Crippen MR) is 67.3 cm³/mol. The van der Waals surface area contributed by atoms with Crippen molar-refractivity contribution in [3.05, 3.63) is 38.9 Å². The van der Waals surface area contributed by atoms with E-state index in [1.54, 1.807) is 6.07 Å². The molecular formula is C12H16ClNO3. The van der Waals surface area contributed by atoms with Crippen molar-refractivity contribution in [2.24, 2.45) is 0 Å². The van der Waals surface area contributed by atoms with Crippen molar-refractivity contribution in [3.8, 4) is 0 Å². The fourth-order valence-corrected chi connectivity index (χ4v) is 1.93. The molecule has 1 aromatic rings. The third-order valence-corrected chi connectivity index (χ3v) is 2.84. The van der Waals surface area contributed by atoms with Gasteiger partial charge in [0.1, 0.15) is 0 Å². The van der Waals surface area contributed by atoms with Crippen molar-refractivity contribution in [1.29, 1.82) is 0 Å². The largest absolute Gasteiger partial charge is 0.393 e. The zero-order valence-electron chi connectivity index (χ0n) is 9.73. The van der Waals surface area contributed by atoms with Gasteiger partial charge in [-0.25, -0.2) is 0 Å². The third kappa shape index (κ3) is 4.32. The van der Waals surface area contributed by atoms with Gasteiger partial charge in [0.25, 0.3) is 5.69 Å². The highest BCUT2D eigenvalue weighted by molar-refractivity contribution is 6.30. The Bertz CT molecular complexity index is 395. The van der Waals surface area contributed by atoms with Crippen molar-refractivity contribution in [2.75, 3.05) is 0 Å². The number of aliphatic hydroxyl groups is 1. The highest BCUT2D eigenvalue weighted by atomic mass is 35.5. The molecule has 94 valence electrons. The molecule has 5 heteroatoms. The molecule has 0 aliphatic carbocycles. The summed E-state index contributed by atoms with van der Waals surface area (Å²) in [4.78, 5) is 10.4. The molecule has 1 rings (SSSR count). The third-order valence-electron chi connectivity index (χ3n) is 2.61. The van der Waals surface area contributed by atoms with Crippen molar-refractivity contribution in [3.63, 3.8) is 0 Å². The van der Waals surface area contributed by atoms with Gasteiger partial charge in [-0.15, -0.1) is 0 Å². The molecule has 4 nitrogen and oxygen atoms in total. The zero-order chi connectivity index (χ0) is 12.8. The Kier molecular flexibility index (Phi) is 5.38. The highest BCUT2D eigenvalue weighted by Crippen LogP contribution is 2.24. The molecule has 1 atom stereocenters. The lowest BCUT2D eigenvalue weighted by Gasteiger charge is -2.09. The van der Waals surface area contributed by atoms with Gasteiger partial charge < -0.3 is 5.11 Å². The fraction of sp³-hybridized carbons (Fsp3) is 0.500. The second-order valence-electron chi connectivity index (χ2n) is 4.01. The molecule has 1 N–H and O–H groups in total. The Balaban J connectivity index is 2.75. The Morgan fingerprint density at radius 2 is 2.18 bits per heavy atom. The van der Waals surface area contributed by atoms with Gasteiger partial charge in [0.2, 0.25) is 0 Å². The quantitative estimate of drug-likeness (QED) is 0.628. The molecule has 0 bridgehead atoms. The zero-order valence-corrected chi connectivity index (χ0v) is 10.5. The molecule has 0 aromatic heterocycles. The van der Waals surface area contributed by atoms with Crippen molar-refractivity contribution in [1.82, 2.24) is 0 Å². The molecule has 0 heterocycles. The Labute approximate surface area is 105 Å². The smallest absolute Gasteiger partial charge is 0.272 e. The van der Waals surface area contributed by atoms with Crippen molar-refractivity contribution < 1.29 is 10.0 Å². The van der Waals surface area contributed by atoms with Crippen molar-refractivity contribution >= 4 is 17.3 Å². The Hall–Kier alpha value is -1.13. The van der Waals surface area contributed by atoms with Crippen LogP contribution in [0.5, 0.6) is 0 Å². The normalized spacial score (nSPS) is 12.4. The first-order valence-electron chi connectivity index (χ1n) is 5.65. The molecule has 0 aliphatic heterocycles. The number of aliphatic hydroxyl groups excluding tert-OH is 1. The number of hydrogen-bond acceptors (Lipinski definition) is 3. The van der Waals surface area contributed by atoms with Gasteiger partial charge in [-0.3, -0.25) is 10.1 Å². The molecule has 0 amide bonds. The molecule has 0 fully saturated rings. The van der Waals surface area contributed by atoms with Gasteiger partial charge in [0.05, 0.1) is 11.0 Å². The first kappa shape index (κ1) is 13.9. The van der Waals surface area contributed by atoms with Crippen LogP contribution in [0.2, 0.25) is 5.02 Å². The lowest BCUT2D eigenvalue weighted by molar-refractivity contribution is -0.385. The number of nitro groups is 1. The van der Waals surface area contributed by atoms with Gasteiger partial charge >= 0.3 is 0 Å². The van der Waals surface area contributed by atoms with Crippen LogP contribution in [0.3, 0.4) is 0 Å². The summed E-state index contributed by atoms with van der Waals surface area (Å²) in [5, 5.41) is 20.9. The molecule has 0 saturated carbocycles. The molecule has 0 aliphatic rings. The Morgan fingerprint density at radius 1 is 1.47 bits per heavy atom. The number of benzene rings is 1. The number of rotatable bonds is 6. The van der Waals surface area contributed by atoms with Crippen LogP contribution in [0.4, 0.5) is 5.69 Å². The van der Waals surface area contributed by atoms with Gasteiger partial charge in [0.15, 0.2) is 0 Å². The fourth-order valence-electron chi connectivity index (χ4n) is 1.73. The summed E-state index contributed by atoms with van der Waals surface area (Å²) < 4.78 is 0. The minimum atomic E-state index is -0.419. The van der Waals surface area contributed by atoms with E-state index in [2.05, 4.69) is 0 Å². The number of nitro benzene ring substituents is 1. The summed E-state index contributed by atoms with van der Waals surface area (Å²) in [5.41, 5.74) is 0.649. The first-order valence-corrected chi connectivity index (χ1v) is 6.03. The first-order chi connectivity index (χ1) is 8.04. The van der Waals surface area contributed by atoms with Gasteiger partial charge in [0, 0.05) is 16.7 Å². The van der Waals surface area contributed by atoms with E-state index in [0.717, 1.165) is 6.42 Å². The van der Waals surface area contributed by atoms with Crippen LogP contribution in [0.25, 0.3) is 0 Å². The second kappa shape index (κ2) is 6.57. The molecule has 0 spiro atoms. The SMILES string of the molecule is CCCC(O)CCc1cc(Cl)ccc1[N+](=O)[O-]. The van der Waals surface area contributed by atoms with Gasteiger partial charge in [-0.1, -0.05) is 24.9 Å². The standard InChI is InChI=1S/C12H16ClNO3/c1-2-3-11(15)6-4-9-8-10(13)5-7-12(9)14(16)17/h5,7-8,11,15H,2-4,6H2,1H3. The van der Waals surface area contributed by atoms with E-state index in [9.17, 15) is 15.2 Å². The van der Waals surface area contributed by atoms with E-state index < -0.39 is 11.0 Å². The van der Waals surface area contributed by atoms with E-state index >= 15 is 0 Å². The number of hydrogen-bond donors (Lipinski definition) is 1. The van der Waals surface area contributed by atoms with Crippen LogP contribution in [-0.4, -0.2) is 16.1 Å². The lowest BCUT2D eigenvalue weighted by Crippen LogP contribution is -2.08. The predicted octanol–water partition coefficient (Wildman–Crippen LogP) is 3.34. The summed E-state index contributed by atoms with van der Waals surface area (Å²) in [7, 11) is 0. The second-order valence-corrected chi connectivity index (χ2v) is 4.45. The highest BCUT2D eigenvalue weighted by Gasteiger charge is 2.14. The van der Waals surface area contributed by atoms with Crippen LogP contribution in [0, 0.1) is 10.1 Å².